The number of nitro groups is 1. The average molecular weight is 465 g/mol. The molecule has 1 aliphatic heterocycles. The van der Waals surface area contributed by atoms with Gasteiger partial charge in [-0.05, 0) is 69.2 Å². The summed E-state index contributed by atoms with van der Waals surface area (Å²) in [5.41, 5.74) is 2.82. The number of ether oxygens (including phenoxy) is 1. The summed E-state index contributed by atoms with van der Waals surface area (Å²) >= 11 is 0. The monoisotopic (exact) mass is 465 g/mol. The van der Waals surface area contributed by atoms with E-state index in [1.54, 1.807) is 31.2 Å². The molecule has 9 heteroatoms. The predicted molar refractivity (Wildman–Crippen MR) is 124 cm³/mol. The summed E-state index contributed by atoms with van der Waals surface area (Å²) in [7, 11) is 0. The highest BCUT2D eigenvalue weighted by atomic mass is 19.1. The molecular formula is C25H24FN3O5. The molecule has 0 saturated carbocycles. The van der Waals surface area contributed by atoms with E-state index in [4.69, 9.17) is 4.74 Å². The number of rotatable bonds is 7. The van der Waals surface area contributed by atoms with Gasteiger partial charge in [-0.2, -0.15) is 0 Å². The third kappa shape index (κ3) is 4.54. The molecule has 1 aromatic heterocycles. The first-order valence-corrected chi connectivity index (χ1v) is 10.9. The fourth-order valence-corrected chi connectivity index (χ4v) is 4.35. The Morgan fingerprint density at radius 2 is 1.74 bits per heavy atom. The molecule has 0 N–H and O–H groups in total. The number of hydrogen-bond donors (Lipinski definition) is 0. The Hall–Kier alpha value is -4.01. The first-order chi connectivity index (χ1) is 16.3. The van der Waals surface area contributed by atoms with Gasteiger partial charge in [-0.15, -0.1) is 0 Å². The van der Waals surface area contributed by atoms with Gasteiger partial charge in [0.15, 0.2) is 6.61 Å². The summed E-state index contributed by atoms with van der Waals surface area (Å²) < 4.78 is 20.3. The van der Waals surface area contributed by atoms with Gasteiger partial charge in [-0.25, -0.2) is 9.18 Å². The van der Waals surface area contributed by atoms with Crippen molar-refractivity contribution in [3.05, 3.63) is 87.0 Å². The molecule has 0 amide bonds. The van der Waals surface area contributed by atoms with Gasteiger partial charge in [0.2, 0.25) is 5.78 Å². The molecule has 3 aromatic rings. The van der Waals surface area contributed by atoms with Crippen LogP contribution in [0.5, 0.6) is 0 Å². The third-order valence-corrected chi connectivity index (χ3v) is 6.01. The molecule has 0 unspecified atom stereocenters. The van der Waals surface area contributed by atoms with Crippen molar-refractivity contribution in [2.75, 3.05) is 24.6 Å². The molecule has 1 saturated heterocycles. The summed E-state index contributed by atoms with van der Waals surface area (Å²) in [5.74, 6) is -1.57. The molecule has 0 radical (unpaired) electrons. The minimum atomic E-state index is -0.809. The van der Waals surface area contributed by atoms with Crippen LogP contribution >= 0.6 is 0 Å². The van der Waals surface area contributed by atoms with Crippen molar-refractivity contribution < 1.29 is 23.6 Å². The van der Waals surface area contributed by atoms with Crippen molar-refractivity contribution in [2.24, 2.45) is 0 Å². The Balaban J connectivity index is 1.49. The Labute approximate surface area is 195 Å². The van der Waals surface area contributed by atoms with Crippen molar-refractivity contribution in [3.63, 3.8) is 0 Å². The van der Waals surface area contributed by atoms with Crippen LogP contribution in [0.2, 0.25) is 0 Å². The maximum Gasteiger partial charge on any atom is 0.338 e. The highest BCUT2D eigenvalue weighted by Gasteiger charge is 2.25. The van der Waals surface area contributed by atoms with Crippen molar-refractivity contribution in [2.45, 2.75) is 26.7 Å². The number of carbonyl (C=O) groups is 2. The van der Waals surface area contributed by atoms with Crippen LogP contribution < -0.4 is 4.90 Å². The highest BCUT2D eigenvalue weighted by molar-refractivity contribution is 6.00. The fraction of sp³-hybridized carbons (Fsp3) is 0.280. The number of ketones is 1. The predicted octanol–water partition coefficient (Wildman–Crippen LogP) is 4.78. The number of esters is 1. The lowest BCUT2D eigenvalue weighted by Crippen LogP contribution is -2.19. The van der Waals surface area contributed by atoms with E-state index in [1.165, 1.54) is 24.3 Å². The molecule has 1 aliphatic rings. The molecule has 1 fully saturated rings. The molecule has 0 aliphatic carbocycles. The van der Waals surface area contributed by atoms with Gasteiger partial charge in [-0.1, -0.05) is 0 Å². The van der Waals surface area contributed by atoms with Crippen LogP contribution in [-0.2, 0) is 4.74 Å². The normalized spacial score (nSPS) is 13.2. The zero-order chi connectivity index (χ0) is 24.4. The van der Waals surface area contributed by atoms with Crippen LogP contribution in [-0.4, -0.2) is 40.9 Å². The Bertz CT molecular complexity index is 1260. The second-order valence-corrected chi connectivity index (χ2v) is 8.25. The largest absolute Gasteiger partial charge is 0.454 e. The van der Waals surface area contributed by atoms with E-state index in [9.17, 15) is 24.1 Å². The van der Waals surface area contributed by atoms with Gasteiger partial charge in [0.1, 0.15) is 11.5 Å². The standard InChI is InChI=1S/C25H24FN3O5/c1-16-13-21(17(2)28(16)20-8-6-19(26)7-9-20)24(30)15-34-25(31)18-5-10-22(23(14-18)29(32)33)27-11-3-4-12-27/h5-10,13-14H,3-4,11-12,15H2,1-2H3. The summed E-state index contributed by atoms with van der Waals surface area (Å²) in [6.45, 7) is 4.53. The number of aromatic nitrogens is 1. The molecule has 0 bridgehead atoms. The second kappa shape index (κ2) is 9.46. The molecule has 34 heavy (non-hydrogen) atoms. The number of nitro benzene ring substituents is 1. The lowest BCUT2D eigenvalue weighted by molar-refractivity contribution is -0.384. The SMILES string of the molecule is Cc1cc(C(=O)COC(=O)c2ccc(N3CCCC3)c([N+](=O)[O-])c2)c(C)n1-c1ccc(F)cc1. The molecular weight excluding hydrogens is 441 g/mol. The van der Waals surface area contributed by atoms with E-state index in [1.807, 2.05) is 16.4 Å². The lowest BCUT2D eigenvalue weighted by Gasteiger charge is -2.17. The smallest absolute Gasteiger partial charge is 0.338 e. The van der Waals surface area contributed by atoms with Crippen LogP contribution in [0, 0.1) is 29.8 Å². The maximum absolute atomic E-state index is 13.3. The van der Waals surface area contributed by atoms with Crippen LogP contribution in [0.15, 0.2) is 48.5 Å². The van der Waals surface area contributed by atoms with E-state index >= 15 is 0 Å². The minimum Gasteiger partial charge on any atom is -0.454 e. The van der Waals surface area contributed by atoms with Crippen molar-refractivity contribution in [1.82, 2.24) is 4.57 Å². The maximum atomic E-state index is 13.3. The Morgan fingerprint density at radius 3 is 2.38 bits per heavy atom. The fourth-order valence-electron chi connectivity index (χ4n) is 4.35. The third-order valence-electron chi connectivity index (χ3n) is 6.01. The molecule has 0 spiro atoms. The molecule has 0 atom stereocenters. The van der Waals surface area contributed by atoms with Crippen LogP contribution in [0.3, 0.4) is 0 Å². The molecule has 176 valence electrons. The van der Waals surface area contributed by atoms with E-state index in [2.05, 4.69) is 0 Å². The summed E-state index contributed by atoms with van der Waals surface area (Å²) in [6, 6.07) is 11.8. The van der Waals surface area contributed by atoms with Crippen LogP contribution in [0.1, 0.15) is 44.9 Å². The zero-order valence-corrected chi connectivity index (χ0v) is 18.9. The second-order valence-electron chi connectivity index (χ2n) is 8.25. The van der Waals surface area contributed by atoms with Crippen molar-refractivity contribution in [3.8, 4) is 5.69 Å². The van der Waals surface area contributed by atoms with Gasteiger partial charge in [0, 0.05) is 41.8 Å². The minimum absolute atomic E-state index is 0.0132. The number of anilines is 1. The van der Waals surface area contributed by atoms with Crippen LogP contribution in [0.4, 0.5) is 15.8 Å². The number of halogens is 1. The first-order valence-electron chi connectivity index (χ1n) is 10.9. The number of benzene rings is 2. The highest BCUT2D eigenvalue weighted by Crippen LogP contribution is 2.32. The van der Waals surface area contributed by atoms with E-state index < -0.39 is 23.3 Å². The average Bonchev–Trinajstić information content (AvgIpc) is 3.46. The number of aryl methyl sites for hydroxylation is 1. The zero-order valence-electron chi connectivity index (χ0n) is 18.9. The summed E-state index contributed by atoms with van der Waals surface area (Å²) in [5, 5.41) is 11.6. The molecule has 2 heterocycles. The topological polar surface area (TPSA) is 94.7 Å². The molecule has 4 rings (SSSR count). The van der Waals surface area contributed by atoms with Gasteiger partial charge in [0.05, 0.1) is 10.5 Å². The number of hydrogen-bond acceptors (Lipinski definition) is 6. The van der Waals surface area contributed by atoms with Crippen molar-refractivity contribution in [1.29, 1.82) is 0 Å². The van der Waals surface area contributed by atoms with Crippen molar-refractivity contribution >= 4 is 23.1 Å². The molecule has 2 aromatic carbocycles. The number of Topliss-reactive ketones (excluding diaryl/α,β-unsaturated/α-hetero) is 1. The quantitative estimate of drug-likeness (QED) is 0.216. The Morgan fingerprint density at radius 1 is 1.06 bits per heavy atom. The Kier molecular flexibility index (Phi) is 6.45. The van der Waals surface area contributed by atoms with Gasteiger partial charge in [-0.3, -0.25) is 14.9 Å². The van der Waals surface area contributed by atoms with E-state index in [-0.39, 0.29) is 17.1 Å². The van der Waals surface area contributed by atoms with E-state index in [0.29, 0.717) is 22.6 Å². The van der Waals surface area contributed by atoms with E-state index in [0.717, 1.165) is 31.6 Å². The van der Waals surface area contributed by atoms with Gasteiger partial charge < -0.3 is 14.2 Å². The molecule has 8 nitrogen and oxygen atoms in total. The van der Waals surface area contributed by atoms with Gasteiger partial charge >= 0.3 is 5.97 Å². The summed E-state index contributed by atoms with van der Waals surface area (Å²) in [6.07, 6.45) is 1.93. The number of carbonyl (C=O) groups excluding carboxylic acids is 2. The number of nitrogens with zero attached hydrogens (tertiary/aromatic N) is 3. The first kappa shape index (κ1) is 23.2. The summed E-state index contributed by atoms with van der Waals surface area (Å²) in [4.78, 5) is 38.3. The van der Waals surface area contributed by atoms with Crippen LogP contribution in [0.25, 0.3) is 5.69 Å². The lowest BCUT2D eigenvalue weighted by atomic mass is 10.1. The van der Waals surface area contributed by atoms with Gasteiger partial charge in [0.25, 0.3) is 5.69 Å².